The van der Waals surface area contributed by atoms with E-state index in [1.165, 1.54) is 18.4 Å². The minimum absolute atomic E-state index is 0. The number of halogens is 1. The van der Waals surface area contributed by atoms with Gasteiger partial charge >= 0.3 is 11.9 Å². The lowest BCUT2D eigenvalue weighted by Crippen LogP contribution is -2.63. The van der Waals surface area contributed by atoms with Crippen LogP contribution in [0.15, 0.2) is 23.5 Å². The quantitative estimate of drug-likeness (QED) is 0.181. The summed E-state index contributed by atoms with van der Waals surface area (Å²) < 4.78 is 6.15. The van der Waals surface area contributed by atoms with Gasteiger partial charge in [0.2, 0.25) is 0 Å². The van der Waals surface area contributed by atoms with Crippen LogP contribution in [0.2, 0.25) is 5.02 Å². The number of carbonyl (C=O) groups excluding carboxylic acids is 2. The summed E-state index contributed by atoms with van der Waals surface area (Å²) in [7, 11) is 0. The topological polar surface area (TPSA) is 118 Å². The number of fused-ring (bicyclic) bond motifs is 7. The van der Waals surface area contributed by atoms with Crippen LogP contribution in [0, 0.1) is 56.7 Å². The molecule has 0 saturated heterocycles. The number of carboxylic acid groups (broad SMARTS) is 1. The van der Waals surface area contributed by atoms with E-state index in [9.17, 15) is 19.5 Å². The predicted molar refractivity (Wildman–Crippen MR) is 201 cm³/mol. The van der Waals surface area contributed by atoms with Crippen molar-refractivity contribution in [3.05, 3.63) is 34.4 Å². The lowest BCUT2D eigenvalue weighted by atomic mass is 9.36. The average Bonchev–Trinajstić information content (AvgIpc) is 3.33. The van der Waals surface area contributed by atoms with E-state index in [1.807, 2.05) is 0 Å². The molecule has 4 fully saturated rings. The zero-order valence-electron chi connectivity index (χ0n) is 31.7. The van der Waals surface area contributed by atoms with Crippen molar-refractivity contribution in [2.24, 2.45) is 56.7 Å². The highest BCUT2D eigenvalue weighted by Gasteiger charge is 2.66. The number of aliphatic carboxylic acids is 1. The molecule has 51 heavy (non-hydrogen) atoms. The van der Waals surface area contributed by atoms with Gasteiger partial charge in [-0.25, -0.2) is 9.97 Å². The van der Waals surface area contributed by atoms with Gasteiger partial charge in [-0.3, -0.25) is 14.4 Å². The summed E-state index contributed by atoms with van der Waals surface area (Å²) in [5, 5.41) is 13.7. The van der Waals surface area contributed by atoms with Gasteiger partial charge in [0.05, 0.1) is 23.4 Å². The number of hydrogen-bond acceptors (Lipinski definition) is 7. The number of ether oxygens (including phenoxy) is 1. The number of hydrogen-bond donors (Lipinski definition) is 2. The Morgan fingerprint density at radius 3 is 2.31 bits per heavy atom. The van der Waals surface area contributed by atoms with Gasteiger partial charge in [0.1, 0.15) is 11.9 Å². The Bertz CT molecular complexity index is 1540. The number of carboxylic acids is 1. The van der Waals surface area contributed by atoms with Crippen LogP contribution in [0.3, 0.4) is 0 Å². The number of nitrogens with zero attached hydrogens (tertiary/aromatic N) is 2. The molecular formula is C42H64ClN3O5. The zero-order valence-corrected chi connectivity index (χ0v) is 32.4. The molecule has 9 heteroatoms. The Morgan fingerprint density at radius 2 is 1.67 bits per heavy atom. The van der Waals surface area contributed by atoms with Crippen molar-refractivity contribution >= 4 is 29.3 Å². The Labute approximate surface area is 311 Å². The molecule has 0 radical (unpaired) electrons. The molecule has 1 aromatic heterocycles. The summed E-state index contributed by atoms with van der Waals surface area (Å²) in [6.07, 6.45) is 13.2. The largest absolute Gasteiger partial charge is 0.481 e. The minimum atomic E-state index is -1.15. The molecule has 1 heterocycles. The van der Waals surface area contributed by atoms with Crippen molar-refractivity contribution < 1.29 is 24.2 Å². The standard InChI is InChI=1S/C41H60ClN3O5.CH4/c1-24(2)34-28(46)19-41(17-18-43-23-32-44-21-25(42)22-45-32)16-11-27-26(35(34)41)9-10-30-39(27,7)14-12-29-38(5,6)31(13-15-40(29,30)8)50-33(47)20-37(3,4)36(48)49;/h21-22,24,26-27,29-31,43H,9-20,23H2,1-8H3,(H,48,49);1H4. The van der Waals surface area contributed by atoms with Crippen LogP contribution >= 0.6 is 11.6 Å². The zero-order chi connectivity index (χ0) is 36.4. The van der Waals surface area contributed by atoms with Gasteiger partial charge in [0, 0.05) is 29.6 Å². The molecule has 8 atom stereocenters. The van der Waals surface area contributed by atoms with Crippen molar-refractivity contribution in [3.8, 4) is 0 Å². The number of rotatable bonds is 10. The molecule has 0 amide bonds. The second kappa shape index (κ2) is 14.2. The summed E-state index contributed by atoms with van der Waals surface area (Å²) >= 11 is 5.98. The molecule has 8 unspecified atom stereocenters. The average molecular weight is 726 g/mol. The van der Waals surface area contributed by atoms with Crippen LogP contribution in [-0.2, 0) is 25.7 Å². The highest BCUT2D eigenvalue weighted by Crippen LogP contribution is 2.73. The predicted octanol–water partition coefficient (Wildman–Crippen LogP) is 9.25. The lowest BCUT2D eigenvalue weighted by Gasteiger charge is -2.69. The van der Waals surface area contributed by atoms with Crippen molar-refractivity contribution in [1.29, 1.82) is 0 Å². The fraction of sp³-hybridized carbons (Fsp3) is 0.786. The first-order valence-corrected chi connectivity index (χ1v) is 19.6. The molecule has 2 N–H and O–H groups in total. The number of esters is 1. The Balaban J connectivity index is 0.00000504. The van der Waals surface area contributed by atoms with E-state index in [2.05, 4.69) is 56.8 Å². The summed E-state index contributed by atoms with van der Waals surface area (Å²) in [6.45, 7) is 18.7. The van der Waals surface area contributed by atoms with E-state index in [0.29, 0.717) is 47.4 Å². The maximum Gasteiger partial charge on any atom is 0.309 e. The summed E-state index contributed by atoms with van der Waals surface area (Å²) in [5.41, 5.74) is 1.57. The number of nitrogens with one attached hydrogen (secondary N) is 1. The van der Waals surface area contributed by atoms with Crippen molar-refractivity contribution in [1.82, 2.24) is 15.3 Å². The van der Waals surface area contributed by atoms with E-state index in [0.717, 1.165) is 62.9 Å². The molecule has 0 bridgehead atoms. The molecule has 0 aliphatic heterocycles. The van der Waals surface area contributed by atoms with Crippen LogP contribution < -0.4 is 5.32 Å². The number of Topliss-reactive ketones (excluding diaryl/α,β-unsaturated/α-hetero) is 1. The molecular weight excluding hydrogens is 662 g/mol. The van der Waals surface area contributed by atoms with Crippen molar-refractivity contribution in [2.45, 2.75) is 146 Å². The Morgan fingerprint density at radius 1 is 1.00 bits per heavy atom. The van der Waals surface area contributed by atoms with Crippen LogP contribution in [0.4, 0.5) is 0 Å². The third kappa shape index (κ3) is 6.83. The molecule has 5 aliphatic carbocycles. The lowest BCUT2D eigenvalue weighted by molar-refractivity contribution is -0.213. The number of carbonyl (C=O) groups is 3. The first-order chi connectivity index (χ1) is 23.4. The maximum absolute atomic E-state index is 13.9. The van der Waals surface area contributed by atoms with Crippen LogP contribution in [0.25, 0.3) is 0 Å². The van der Waals surface area contributed by atoms with Gasteiger partial charge < -0.3 is 15.2 Å². The van der Waals surface area contributed by atoms with Crippen molar-refractivity contribution in [3.63, 3.8) is 0 Å². The molecule has 6 rings (SSSR count). The summed E-state index contributed by atoms with van der Waals surface area (Å²) in [4.78, 5) is 47.3. The molecule has 0 spiro atoms. The second-order valence-electron chi connectivity index (χ2n) is 18.8. The van der Waals surface area contributed by atoms with E-state index in [1.54, 1.807) is 26.2 Å². The highest BCUT2D eigenvalue weighted by atomic mass is 35.5. The highest BCUT2D eigenvalue weighted by molar-refractivity contribution is 6.30. The summed E-state index contributed by atoms with van der Waals surface area (Å²) in [5.74, 6) is 1.96. The van der Waals surface area contributed by atoms with Gasteiger partial charge in [-0.05, 0) is 124 Å². The van der Waals surface area contributed by atoms with Gasteiger partial charge in [-0.1, -0.05) is 66.1 Å². The fourth-order valence-electron chi connectivity index (χ4n) is 12.5. The minimum Gasteiger partial charge on any atom is -0.481 e. The molecule has 4 saturated carbocycles. The van der Waals surface area contributed by atoms with Gasteiger partial charge in [-0.2, -0.15) is 0 Å². The molecule has 284 valence electrons. The fourth-order valence-corrected chi connectivity index (χ4v) is 12.6. The molecule has 1 aromatic rings. The third-order valence-electron chi connectivity index (χ3n) is 14.9. The monoisotopic (exact) mass is 725 g/mol. The van der Waals surface area contributed by atoms with Crippen LogP contribution in [0.5, 0.6) is 0 Å². The normalized spacial score (nSPS) is 35.6. The Hall–Kier alpha value is -2.32. The number of ketones is 1. The number of aromatic nitrogens is 2. The van der Waals surface area contributed by atoms with E-state index in [-0.39, 0.29) is 47.5 Å². The van der Waals surface area contributed by atoms with Crippen molar-refractivity contribution in [2.75, 3.05) is 6.54 Å². The van der Waals surface area contributed by atoms with E-state index >= 15 is 0 Å². The SMILES string of the molecule is C.CC(C)C1=C2C3CCC4C(C)(CCC5C(C)(C)C(OC(=O)CC(C)(C)C(=O)O)CCC54C)C3CCC2(CCNCc2ncc(Cl)cn2)CC1=O. The van der Waals surface area contributed by atoms with Crippen LogP contribution in [0.1, 0.15) is 139 Å². The first kappa shape index (κ1) is 39.9. The number of allylic oxidation sites excluding steroid dienone is 2. The molecule has 5 aliphatic rings. The van der Waals surface area contributed by atoms with E-state index in [4.69, 9.17) is 16.3 Å². The van der Waals surface area contributed by atoms with E-state index < -0.39 is 17.4 Å². The smallest absolute Gasteiger partial charge is 0.309 e. The maximum atomic E-state index is 13.9. The second-order valence-corrected chi connectivity index (χ2v) is 19.2. The molecule has 8 nitrogen and oxygen atoms in total. The first-order valence-electron chi connectivity index (χ1n) is 19.2. The molecule has 0 aromatic carbocycles. The Kier molecular flexibility index (Phi) is 11.1. The van der Waals surface area contributed by atoms with Gasteiger partial charge in [0.15, 0.2) is 5.78 Å². The summed E-state index contributed by atoms with van der Waals surface area (Å²) in [6, 6.07) is 0. The third-order valence-corrected chi connectivity index (χ3v) is 15.0. The van der Waals surface area contributed by atoms with Gasteiger partial charge in [0.25, 0.3) is 0 Å². The van der Waals surface area contributed by atoms with Crippen LogP contribution in [-0.4, -0.2) is 45.4 Å². The van der Waals surface area contributed by atoms with Gasteiger partial charge in [-0.15, -0.1) is 0 Å².